The number of hydrogen-bond acceptors (Lipinski definition) is 3. The summed E-state index contributed by atoms with van der Waals surface area (Å²) >= 11 is 6.74. The van der Waals surface area contributed by atoms with Gasteiger partial charge in [0.15, 0.2) is 0 Å². The predicted octanol–water partition coefficient (Wildman–Crippen LogP) is 4.25. The Hall–Kier alpha value is -1.37. The van der Waals surface area contributed by atoms with E-state index in [1.165, 1.54) is 0 Å². The number of nitrogens with one attached hydrogen (secondary N) is 1. The van der Waals surface area contributed by atoms with Crippen molar-refractivity contribution < 1.29 is 14.3 Å². The Morgan fingerprint density at radius 3 is 2.59 bits per heavy atom. The normalized spacial score (nSPS) is 10.3. The maximum atomic E-state index is 11.8. The van der Waals surface area contributed by atoms with Gasteiger partial charge in [-0.15, -0.1) is 0 Å². The second-order valence-electron chi connectivity index (χ2n) is 4.39. The highest BCUT2D eigenvalue weighted by atomic mass is 79.9. The monoisotopic (exact) mass is 427 g/mol. The van der Waals surface area contributed by atoms with Gasteiger partial charge in [0, 0.05) is 8.95 Å². The van der Waals surface area contributed by atoms with Gasteiger partial charge in [-0.1, -0.05) is 34.1 Å². The maximum absolute atomic E-state index is 11.8. The molecule has 22 heavy (non-hydrogen) atoms. The molecule has 0 saturated carbocycles. The van der Waals surface area contributed by atoms with Gasteiger partial charge in [0.1, 0.15) is 19.0 Å². The molecule has 4 nitrogen and oxygen atoms in total. The highest BCUT2D eigenvalue weighted by Gasteiger charge is 2.06. The van der Waals surface area contributed by atoms with Gasteiger partial charge < -0.3 is 14.8 Å². The molecule has 0 aromatic heterocycles. The van der Waals surface area contributed by atoms with Crippen LogP contribution in [0.25, 0.3) is 0 Å². The Morgan fingerprint density at radius 1 is 1.05 bits per heavy atom. The first-order valence-electron chi connectivity index (χ1n) is 6.65. The van der Waals surface area contributed by atoms with Crippen LogP contribution >= 0.6 is 31.9 Å². The van der Waals surface area contributed by atoms with E-state index in [1.54, 1.807) is 0 Å². The summed E-state index contributed by atoms with van der Waals surface area (Å²) < 4.78 is 12.5. The summed E-state index contributed by atoms with van der Waals surface area (Å²) in [6, 6.07) is 15.0. The second kappa shape index (κ2) is 8.92. The maximum Gasteiger partial charge on any atom is 0.250 e. The van der Waals surface area contributed by atoms with Crippen LogP contribution in [0.1, 0.15) is 0 Å². The van der Waals surface area contributed by atoms with Gasteiger partial charge in [-0.3, -0.25) is 4.79 Å². The van der Waals surface area contributed by atoms with Crippen LogP contribution in [0.2, 0.25) is 0 Å². The number of carbonyl (C=O) groups is 1. The van der Waals surface area contributed by atoms with E-state index in [9.17, 15) is 4.79 Å². The lowest BCUT2D eigenvalue weighted by molar-refractivity contribution is -0.120. The molecular weight excluding hydrogens is 414 g/mol. The molecule has 2 aromatic rings. The van der Waals surface area contributed by atoms with Crippen LogP contribution in [-0.2, 0) is 9.53 Å². The second-order valence-corrected chi connectivity index (χ2v) is 6.16. The third-order valence-electron chi connectivity index (χ3n) is 2.68. The Morgan fingerprint density at radius 2 is 1.82 bits per heavy atom. The van der Waals surface area contributed by atoms with E-state index < -0.39 is 0 Å². The molecule has 0 aliphatic heterocycles. The van der Waals surface area contributed by atoms with E-state index in [4.69, 9.17) is 9.47 Å². The highest BCUT2D eigenvalue weighted by Crippen LogP contribution is 2.25. The molecule has 0 aliphatic carbocycles. The molecule has 0 radical (unpaired) electrons. The van der Waals surface area contributed by atoms with Crippen LogP contribution in [0.5, 0.6) is 5.75 Å². The zero-order valence-electron chi connectivity index (χ0n) is 11.7. The first kappa shape index (κ1) is 17.0. The zero-order valence-corrected chi connectivity index (χ0v) is 14.9. The molecule has 0 heterocycles. The van der Waals surface area contributed by atoms with Crippen molar-refractivity contribution in [3.05, 3.63) is 57.5 Å². The molecule has 1 N–H and O–H groups in total. The summed E-state index contributed by atoms with van der Waals surface area (Å²) in [5.74, 6) is 0.576. The average Bonchev–Trinajstić information content (AvgIpc) is 2.51. The van der Waals surface area contributed by atoms with Gasteiger partial charge in [0.05, 0.1) is 12.3 Å². The largest absolute Gasteiger partial charge is 0.491 e. The fourth-order valence-electron chi connectivity index (χ4n) is 1.68. The molecule has 116 valence electrons. The van der Waals surface area contributed by atoms with Crippen LogP contribution in [0, 0.1) is 0 Å². The highest BCUT2D eigenvalue weighted by molar-refractivity contribution is 9.11. The van der Waals surface area contributed by atoms with Crippen molar-refractivity contribution in [2.45, 2.75) is 0 Å². The van der Waals surface area contributed by atoms with Gasteiger partial charge in [-0.05, 0) is 46.3 Å². The zero-order chi connectivity index (χ0) is 15.8. The lowest BCUT2D eigenvalue weighted by Crippen LogP contribution is -2.20. The molecule has 0 unspecified atom stereocenters. The smallest absolute Gasteiger partial charge is 0.250 e. The molecule has 0 saturated heterocycles. The topological polar surface area (TPSA) is 47.6 Å². The number of benzene rings is 2. The quantitative estimate of drug-likeness (QED) is 0.670. The molecule has 1 amide bonds. The standard InChI is InChI=1S/C16H15Br2NO3/c17-12-6-7-14(18)15(10-12)19-16(20)11-21-8-9-22-13-4-2-1-3-5-13/h1-7,10H,8-9,11H2,(H,19,20). The van der Waals surface area contributed by atoms with Crippen molar-refractivity contribution in [1.29, 1.82) is 0 Å². The summed E-state index contributed by atoms with van der Waals surface area (Å²) in [7, 11) is 0. The molecular formula is C16H15Br2NO3. The Kier molecular flexibility index (Phi) is 6.89. The number of halogens is 2. The minimum absolute atomic E-state index is 0.0168. The molecule has 0 spiro atoms. The summed E-state index contributed by atoms with van der Waals surface area (Å²) in [6.45, 7) is 0.733. The van der Waals surface area contributed by atoms with Gasteiger partial charge in [-0.2, -0.15) is 0 Å². The molecule has 0 bridgehead atoms. The van der Waals surface area contributed by atoms with Gasteiger partial charge in [-0.25, -0.2) is 0 Å². The van der Waals surface area contributed by atoms with Crippen molar-refractivity contribution in [2.75, 3.05) is 25.1 Å². The minimum atomic E-state index is -0.210. The molecule has 2 aromatic carbocycles. The Balaban J connectivity index is 1.66. The number of rotatable bonds is 7. The fraction of sp³-hybridized carbons (Fsp3) is 0.188. The number of hydrogen-bond donors (Lipinski definition) is 1. The SMILES string of the molecule is O=C(COCCOc1ccccc1)Nc1cc(Br)ccc1Br. The van der Waals surface area contributed by atoms with Gasteiger partial charge in [0.25, 0.3) is 0 Å². The van der Waals surface area contributed by atoms with Gasteiger partial charge >= 0.3 is 0 Å². The summed E-state index contributed by atoms with van der Waals surface area (Å²) in [6.07, 6.45) is 0. The first-order valence-corrected chi connectivity index (χ1v) is 8.24. The minimum Gasteiger partial charge on any atom is -0.491 e. The van der Waals surface area contributed by atoms with E-state index in [0.29, 0.717) is 18.9 Å². The summed E-state index contributed by atoms with van der Waals surface area (Å²) in [4.78, 5) is 11.8. The van der Waals surface area contributed by atoms with E-state index in [0.717, 1.165) is 14.7 Å². The van der Waals surface area contributed by atoms with Crippen molar-refractivity contribution in [2.24, 2.45) is 0 Å². The summed E-state index contributed by atoms with van der Waals surface area (Å²) in [5, 5.41) is 2.78. The first-order chi connectivity index (χ1) is 10.6. The number of anilines is 1. The number of para-hydroxylation sites is 1. The average molecular weight is 429 g/mol. The van der Waals surface area contributed by atoms with Crippen LogP contribution < -0.4 is 10.1 Å². The Bertz CT molecular complexity index is 620. The van der Waals surface area contributed by atoms with Crippen molar-refractivity contribution in [3.63, 3.8) is 0 Å². The number of amides is 1. The molecule has 0 atom stereocenters. The van der Waals surface area contributed by atoms with Crippen LogP contribution in [0.4, 0.5) is 5.69 Å². The number of carbonyl (C=O) groups excluding carboxylic acids is 1. The predicted molar refractivity (Wildman–Crippen MR) is 93.2 cm³/mol. The summed E-state index contributed by atoms with van der Waals surface area (Å²) in [5.41, 5.74) is 0.698. The van der Waals surface area contributed by atoms with Crippen LogP contribution in [0.15, 0.2) is 57.5 Å². The van der Waals surface area contributed by atoms with Crippen molar-refractivity contribution >= 4 is 43.5 Å². The van der Waals surface area contributed by atoms with E-state index in [2.05, 4.69) is 37.2 Å². The molecule has 2 rings (SSSR count). The van der Waals surface area contributed by atoms with Crippen LogP contribution in [0.3, 0.4) is 0 Å². The lowest BCUT2D eigenvalue weighted by atomic mass is 10.3. The lowest BCUT2D eigenvalue weighted by Gasteiger charge is -2.09. The van der Waals surface area contributed by atoms with E-state index in [1.807, 2.05) is 48.5 Å². The number of ether oxygens (including phenoxy) is 2. The molecule has 6 heteroatoms. The van der Waals surface area contributed by atoms with E-state index >= 15 is 0 Å². The van der Waals surface area contributed by atoms with Crippen LogP contribution in [-0.4, -0.2) is 25.7 Å². The van der Waals surface area contributed by atoms with Gasteiger partial charge in [0.2, 0.25) is 5.91 Å². The van der Waals surface area contributed by atoms with Crippen molar-refractivity contribution in [3.8, 4) is 5.75 Å². The molecule has 0 aliphatic rings. The fourth-order valence-corrected chi connectivity index (χ4v) is 2.39. The third kappa shape index (κ3) is 5.79. The third-order valence-corrected chi connectivity index (χ3v) is 3.86. The van der Waals surface area contributed by atoms with E-state index in [-0.39, 0.29) is 12.5 Å². The molecule has 0 fully saturated rings. The van der Waals surface area contributed by atoms with Crippen molar-refractivity contribution in [1.82, 2.24) is 0 Å². The Labute approximate surface area is 146 Å².